The van der Waals surface area contributed by atoms with Crippen molar-refractivity contribution in [2.45, 2.75) is 31.3 Å². The van der Waals surface area contributed by atoms with Crippen molar-refractivity contribution in [3.63, 3.8) is 0 Å². The Morgan fingerprint density at radius 3 is 2.64 bits per heavy atom. The second-order valence-electron chi connectivity index (χ2n) is 6.34. The molecule has 0 spiro atoms. The van der Waals surface area contributed by atoms with Crippen LogP contribution in [0.1, 0.15) is 36.4 Å². The van der Waals surface area contributed by atoms with Crippen molar-refractivity contribution >= 4 is 6.03 Å². The van der Waals surface area contributed by atoms with E-state index in [1.807, 2.05) is 61.5 Å². The van der Waals surface area contributed by atoms with Crippen molar-refractivity contribution in [3.05, 3.63) is 65.7 Å². The molecule has 0 saturated heterocycles. The molecule has 5 nitrogen and oxygen atoms in total. The standard InChI is InChI=1S/C20H24N2O3/c1-14(17-13-25-19-10-6-5-9-16(17)19)21-20(24)22-18(11-12-23)15-7-3-2-4-8-15/h2-10,14,17-18,23H,11-13H2,1H3,(H2,21,22,24)/t14?,17?,18-/m1/s1. The summed E-state index contributed by atoms with van der Waals surface area (Å²) < 4.78 is 5.70. The quantitative estimate of drug-likeness (QED) is 0.757. The Hall–Kier alpha value is -2.53. The van der Waals surface area contributed by atoms with Crippen LogP contribution in [0.15, 0.2) is 54.6 Å². The molecular formula is C20H24N2O3. The number of hydrogen-bond acceptors (Lipinski definition) is 3. The van der Waals surface area contributed by atoms with Crippen LogP contribution in [0.3, 0.4) is 0 Å². The fourth-order valence-corrected chi connectivity index (χ4v) is 3.25. The number of urea groups is 1. The summed E-state index contributed by atoms with van der Waals surface area (Å²) in [6.45, 7) is 2.57. The van der Waals surface area contributed by atoms with Crippen LogP contribution in [0.2, 0.25) is 0 Å². The average Bonchev–Trinajstić information content (AvgIpc) is 3.06. The first-order valence-corrected chi connectivity index (χ1v) is 8.63. The van der Waals surface area contributed by atoms with Gasteiger partial charge in [-0.2, -0.15) is 0 Å². The van der Waals surface area contributed by atoms with Gasteiger partial charge in [0.2, 0.25) is 0 Å². The molecule has 0 bridgehead atoms. The number of hydrogen-bond donors (Lipinski definition) is 3. The molecular weight excluding hydrogens is 316 g/mol. The van der Waals surface area contributed by atoms with Crippen LogP contribution in [-0.4, -0.2) is 30.4 Å². The van der Waals surface area contributed by atoms with Crippen LogP contribution >= 0.6 is 0 Å². The highest BCUT2D eigenvalue weighted by molar-refractivity contribution is 5.75. The van der Waals surface area contributed by atoms with E-state index in [1.165, 1.54) is 0 Å². The molecule has 2 unspecified atom stereocenters. The van der Waals surface area contributed by atoms with Gasteiger partial charge in [-0.25, -0.2) is 4.79 Å². The normalized spacial score (nSPS) is 17.9. The minimum absolute atomic E-state index is 0.0131. The first-order chi connectivity index (χ1) is 12.2. The number of benzene rings is 2. The topological polar surface area (TPSA) is 70.6 Å². The summed E-state index contributed by atoms with van der Waals surface area (Å²) >= 11 is 0. The van der Waals surface area contributed by atoms with Gasteiger partial charge in [0.25, 0.3) is 0 Å². The van der Waals surface area contributed by atoms with Crippen molar-refractivity contribution in [1.82, 2.24) is 10.6 Å². The smallest absolute Gasteiger partial charge is 0.315 e. The van der Waals surface area contributed by atoms with Crippen molar-refractivity contribution in [2.24, 2.45) is 0 Å². The molecule has 0 radical (unpaired) electrons. The Bertz CT molecular complexity index is 705. The van der Waals surface area contributed by atoms with Crippen LogP contribution < -0.4 is 15.4 Å². The van der Waals surface area contributed by atoms with E-state index in [4.69, 9.17) is 4.74 Å². The van der Waals surface area contributed by atoms with E-state index < -0.39 is 0 Å². The van der Waals surface area contributed by atoms with Gasteiger partial charge in [0, 0.05) is 24.1 Å². The van der Waals surface area contributed by atoms with E-state index in [1.54, 1.807) is 0 Å². The molecule has 1 aliphatic rings. The molecule has 1 aliphatic heterocycles. The lowest BCUT2D eigenvalue weighted by Crippen LogP contribution is -2.45. The summed E-state index contributed by atoms with van der Waals surface area (Å²) in [7, 11) is 0. The number of carbonyl (C=O) groups excluding carboxylic acids is 1. The summed E-state index contributed by atoms with van der Waals surface area (Å²) in [5.41, 5.74) is 2.11. The van der Waals surface area contributed by atoms with E-state index in [9.17, 15) is 9.90 Å². The minimum Gasteiger partial charge on any atom is -0.493 e. The van der Waals surface area contributed by atoms with Gasteiger partial charge in [0.15, 0.2) is 0 Å². The Morgan fingerprint density at radius 2 is 1.88 bits per heavy atom. The fraction of sp³-hybridized carbons (Fsp3) is 0.350. The Labute approximate surface area is 148 Å². The fourth-order valence-electron chi connectivity index (χ4n) is 3.25. The molecule has 0 saturated carbocycles. The molecule has 1 heterocycles. The van der Waals surface area contributed by atoms with E-state index >= 15 is 0 Å². The summed E-state index contributed by atoms with van der Waals surface area (Å²) in [5, 5.41) is 15.3. The number of rotatable bonds is 6. The largest absolute Gasteiger partial charge is 0.493 e. The maximum absolute atomic E-state index is 12.4. The molecule has 0 fully saturated rings. The van der Waals surface area contributed by atoms with Crippen LogP contribution in [0.5, 0.6) is 5.75 Å². The lowest BCUT2D eigenvalue weighted by atomic mass is 9.94. The third kappa shape index (κ3) is 4.12. The summed E-state index contributed by atoms with van der Waals surface area (Å²) in [6.07, 6.45) is 0.473. The van der Waals surface area contributed by atoms with E-state index in [2.05, 4.69) is 10.6 Å². The number of fused-ring (bicyclic) bond motifs is 1. The number of aliphatic hydroxyl groups is 1. The number of nitrogens with one attached hydrogen (secondary N) is 2. The molecule has 0 aliphatic carbocycles. The third-order valence-electron chi connectivity index (χ3n) is 4.62. The van der Waals surface area contributed by atoms with Crippen LogP contribution in [0, 0.1) is 0 Å². The van der Waals surface area contributed by atoms with Gasteiger partial charge in [0.05, 0.1) is 12.6 Å². The highest BCUT2D eigenvalue weighted by Crippen LogP contribution is 2.35. The molecule has 2 amide bonds. The zero-order chi connectivity index (χ0) is 17.6. The minimum atomic E-state index is -0.237. The van der Waals surface area contributed by atoms with Crippen molar-refractivity contribution in [3.8, 4) is 5.75 Å². The van der Waals surface area contributed by atoms with Gasteiger partial charge in [-0.15, -0.1) is 0 Å². The van der Waals surface area contributed by atoms with E-state index in [0.717, 1.165) is 16.9 Å². The number of carbonyl (C=O) groups is 1. The lowest BCUT2D eigenvalue weighted by Gasteiger charge is -2.23. The first-order valence-electron chi connectivity index (χ1n) is 8.63. The SMILES string of the molecule is CC(NC(=O)N[C@H](CCO)c1ccccc1)C1COc2ccccc21. The highest BCUT2D eigenvalue weighted by Gasteiger charge is 2.29. The maximum atomic E-state index is 12.4. The van der Waals surface area contributed by atoms with Crippen molar-refractivity contribution in [2.75, 3.05) is 13.2 Å². The van der Waals surface area contributed by atoms with Gasteiger partial charge >= 0.3 is 6.03 Å². The summed E-state index contributed by atoms with van der Waals surface area (Å²) in [6, 6.07) is 17.1. The molecule has 3 atom stereocenters. The Balaban J connectivity index is 1.62. The average molecular weight is 340 g/mol. The van der Waals surface area contributed by atoms with Crippen molar-refractivity contribution in [1.29, 1.82) is 0 Å². The molecule has 25 heavy (non-hydrogen) atoms. The number of ether oxygens (including phenoxy) is 1. The Morgan fingerprint density at radius 1 is 1.16 bits per heavy atom. The zero-order valence-electron chi connectivity index (χ0n) is 14.3. The van der Waals surface area contributed by atoms with Gasteiger partial charge in [-0.05, 0) is 25.0 Å². The number of amides is 2. The van der Waals surface area contributed by atoms with Crippen LogP contribution in [0.4, 0.5) is 4.79 Å². The molecule has 3 N–H and O–H groups in total. The number of para-hydroxylation sites is 1. The first kappa shape index (κ1) is 17.3. The predicted molar refractivity (Wildman–Crippen MR) is 96.7 cm³/mol. The molecule has 2 aromatic carbocycles. The van der Waals surface area contributed by atoms with Gasteiger partial charge in [-0.3, -0.25) is 0 Å². The highest BCUT2D eigenvalue weighted by atomic mass is 16.5. The van der Waals surface area contributed by atoms with E-state index in [0.29, 0.717) is 13.0 Å². The summed E-state index contributed by atoms with van der Waals surface area (Å²) in [4.78, 5) is 12.4. The van der Waals surface area contributed by atoms with Crippen LogP contribution in [0.25, 0.3) is 0 Å². The molecule has 2 aromatic rings. The molecule has 132 valence electrons. The maximum Gasteiger partial charge on any atom is 0.315 e. The van der Waals surface area contributed by atoms with Gasteiger partial charge in [-0.1, -0.05) is 48.5 Å². The number of aliphatic hydroxyl groups excluding tert-OH is 1. The predicted octanol–water partition coefficient (Wildman–Crippen LogP) is 2.97. The Kier molecular flexibility index (Phi) is 5.56. The molecule has 0 aromatic heterocycles. The third-order valence-corrected chi connectivity index (χ3v) is 4.62. The van der Waals surface area contributed by atoms with Crippen LogP contribution in [-0.2, 0) is 0 Å². The van der Waals surface area contributed by atoms with Gasteiger partial charge in [0.1, 0.15) is 5.75 Å². The van der Waals surface area contributed by atoms with Crippen molar-refractivity contribution < 1.29 is 14.6 Å². The van der Waals surface area contributed by atoms with E-state index in [-0.39, 0.29) is 30.6 Å². The molecule has 5 heteroatoms. The second kappa shape index (κ2) is 8.03. The zero-order valence-corrected chi connectivity index (χ0v) is 14.3. The second-order valence-corrected chi connectivity index (χ2v) is 6.34. The lowest BCUT2D eigenvalue weighted by molar-refractivity contribution is 0.222. The molecule has 3 rings (SSSR count). The summed E-state index contributed by atoms with van der Waals surface area (Å²) in [5.74, 6) is 1.03. The van der Waals surface area contributed by atoms with Gasteiger partial charge < -0.3 is 20.5 Å². The monoisotopic (exact) mass is 340 g/mol.